The molecule has 0 saturated carbocycles. The number of hydrogen-bond acceptors (Lipinski definition) is 5. The maximum absolute atomic E-state index is 13.2. The van der Waals surface area contributed by atoms with E-state index in [1.165, 1.54) is 23.9 Å². The number of rotatable bonds is 9. The summed E-state index contributed by atoms with van der Waals surface area (Å²) in [7, 11) is -4.03. The Balaban J connectivity index is 2.14. The lowest BCUT2D eigenvalue weighted by atomic mass is 10.1. The average molecular weight is 454 g/mol. The fourth-order valence-electron chi connectivity index (χ4n) is 3.04. The number of ether oxygens (including phenoxy) is 1. The molecule has 0 aliphatic carbocycles. The molecular formula is C24H23NO4S2. The summed E-state index contributed by atoms with van der Waals surface area (Å²) in [6.45, 7) is 9.29. The number of benzene rings is 3. The maximum atomic E-state index is 13.2. The topological polar surface area (TPSA) is 75.6 Å². The summed E-state index contributed by atoms with van der Waals surface area (Å²) in [5, 5.41) is 11.9. The van der Waals surface area contributed by atoms with E-state index < -0.39 is 10.0 Å². The first-order chi connectivity index (χ1) is 14.9. The molecule has 0 saturated heterocycles. The number of allylic oxidation sites excluding steroid dienone is 2. The Morgan fingerprint density at radius 2 is 1.71 bits per heavy atom. The smallest absolute Gasteiger partial charge is 0.265 e. The predicted molar refractivity (Wildman–Crippen MR) is 128 cm³/mol. The van der Waals surface area contributed by atoms with Gasteiger partial charge in [0.25, 0.3) is 10.0 Å². The number of fused-ring (bicyclic) bond motifs is 1. The van der Waals surface area contributed by atoms with Crippen molar-refractivity contribution in [1.29, 1.82) is 0 Å². The van der Waals surface area contributed by atoms with Gasteiger partial charge in [-0.3, -0.25) is 4.72 Å². The zero-order valence-electron chi connectivity index (χ0n) is 17.0. The fourth-order valence-corrected chi connectivity index (χ4v) is 5.17. The zero-order chi connectivity index (χ0) is 22.4. The highest BCUT2D eigenvalue weighted by atomic mass is 32.2. The first kappa shape index (κ1) is 22.5. The normalized spacial score (nSPS) is 12.2. The predicted octanol–water partition coefficient (Wildman–Crippen LogP) is 6.06. The Morgan fingerprint density at radius 3 is 2.32 bits per heavy atom. The Morgan fingerprint density at radius 1 is 1.06 bits per heavy atom. The van der Waals surface area contributed by atoms with Crippen molar-refractivity contribution in [2.24, 2.45) is 0 Å². The molecule has 0 amide bonds. The molecule has 3 aromatic carbocycles. The lowest BCUT2D eigenvalue weighted by Crippen LogP contribution is -2.16. The Labute approximate surface area is 186 Å². The fraction of sp³-hybridized carbons (Fsp3) is 0.0833. The second-order valence-electron chi connectivity index (χ2n) is 6.41. The van der Waals surface area contributed by atoms with E-state index in [4.69, 9.17) is 4.74 Å². The molecule has 0 heterocycles. The van der Waals surface area contributed by atoms with Crippen LogP contribution in [0.25, 0.3) is 10.8 Å². The summed E-state index contributed by atoms with van der Waals surface area (Å²) in [6, 6.07) is 18.2. The number of nitrogens with one attached hydrogen (secondary N) is 1. The van der Waals surface area contributed by atoms with Crippen molar-refractivity contribution < 1.29 is 18.3 Å². The van der Waals surface area contributed by atoms with Crippen molar-refractivity contribution in [3.63, 3.8) is 0 Å². The Hall–Kier alpha value is -3.16. The minimum Gasteiger partial charge on any atom is -0.506 e. The van der Waals surface area contributed by atoms with Crippen LogP contribution in [0.1, 0.15) is 6.92 Å². The van der Waals surface area contributed by atoms with E-state index in [1.54, 1.807) is 37.3 Å². The van der Waals surface area contributed by atoms with E-state index >= 15 is 0 Å². The highest BCUT2D eigenvalue weighted by molar-refractivity contribution is 7.99. The summed E-state index contributed by atoms with van der Waals surface area (Å²) in [5.41, 5.74) is 0.339. The molecule has 0 atom stereocenters. The summed E-state index contributed by atoms with van der Waals surface area (Å²) in [4.78, 5) is 1.33. The van der Waals surface area contributed by atoms with E-state index in [9.17, 15) is 13.5 Å². The largest absolute Gasteiger partial charge is 0.506 e. The molecular weight excluding hydrogens is 430 g/mol. The van der Waals surface area contributed by atoms with Crippen LogP contribution in [0.15, 0.2) is 106 Å². The summed E-state index contributed by atoms with van der Waals surface area (Å²) in [6.07, 6.45) is 2.56. The molecule has 0 aliphatic heterocycles. The minimum atomic E-state index is -4.03. The molecule has 3 aromatic rings. The maximum Gasteiger partial charge on any atom is 0.265 e. The average Bonchev–Trinajstić information content (AvgIpc) is 2.77. The molecule has 0 aromatic heterocycles. The van der Waals surface area contributed by atoms with E-state index in [2.05, 4.69) is 17.9 Å². The van der Waals surface area contributed by atoms with Crippen LogP contribution in [-0.2, 0) is 14.8 Å². The number of phenols is 1. The molecule has 0 fully saturated rings. The van der Waals surface area contributed by atoms with Crippen molar-refractivity contribution >= 4 is 38.2 Å². The first-order valence-electron chi connectivity index (χ1n) is 9.53. The molecule has 5 nitrogen and oxygen atoms in total. The van der Waals surface area contributed by atoms with Gasteiger partial charge < -0.3 is 9.84 Å². The van der Waals surface area contributed by atoms with Crippen molar-refractivity contribution in [2.45, 2.75) is 16.7 Å². The van der Waals surface area contributed by atoms with Crippen molar-refractivity contribution in [2.75, 3.05) is 11.3 Å². The van der Waals surface area contributed by atoms with Crippen LogP contribution in [0, 0.1) is 0 Å². The van der Waals surface area contributed by atoms with Gasteiger partial charge in [-0.25, -0.2) is 8.42 Å². The molecule has 0 aliphatic rings. The summed E-state index contributed by atoms with van der Waals surface area (Å²) in [5.74, 6) is 0.208. The van der Waals surface area contributed by atoms with Gasteiger partial charge in [-0.05, 0) is 37.3 Å². The SMILES string of the molecule is C=C/C(OCC)=C(\C=C)S(=O)(=O)Nc1cc(Sc2ccccc2)c(O)c2ccccc12. The van der Waals surface area contributed by atoms with Crippen LogP contribution in [0.3, 0.4) is 0 Å². The molecule has 7 heteroatoms. The third-order valence-electron chi connectivity index (χ3n) is 4.40. The van der Waals surface area contributed by atoms with Gasteiger partial charge in [-0.15, -0.1) is 0 Å². The first-order valence-corrected chi connectivity index (χ1v) is 11.8. The minimum absolute atomic E-state index is 0.0907. The van der Waals surface area contributed by atoms with Gasteiger partial charge in [0.1, 0.15) is 16.4 Å². The molecule has 0 spiro atoms. The molecule has 0 radical (unpaired) electrons. The monoisotopic (exact) mass is 453 g/mol. The van der Waals surface area contributed by atoms with E-state index in [-0.39, 0.29) is 23.0 Å². The van der Waals surface area contributed by atoms with Crippen LogP contribution in [0.2, 0.25) is 0 Å². The highest BCUT2D eigenvalue weighted by Crippen LogP contribution is 2.43. The standard InChI is InChI=1S/C24H23NO4S2/c1-4-21(29-6-3)23(5-2)31(27,28)25-20-16-22(30-17-12-8-7-9-13-17)24(26)19-15-11-10-14-18(19)20/h4-5,7-16,25-26H,1-2,6H2,3H3/b23-21-. The van der Waals surface area contributed by atoms with Gasteiger partial charge in [0.2, 0.25) is 0 Å². The van der Waals surface area contributed by atoms with E-state index in [1.807, 2.05) is 30.3 Å². The van der Waals surface area contributed by atoms with Crippen LogP contribution >= 0.6 is 11.8 Å². The molecule has 31 heavy (non-hydrogen) atoms. The molecule has 0 unspecified atom stereocenters. The second-order valence-corrected chi connectivity index (χ2v) is 9.17. The summed E-state index contributed by atoms with van der Waals surface area (Å²) >= 11 is 1.34. The van der Waals surface area contributed by atoms with Gasteiger partial charge in [-0.2, -0.15) is 0 Å². The van der Waals surface area contributed by atoms with Crippen LogP contribution in [-0.4, -0.2) is 20.1 Å². The molecule has 0 bridgehead atoms. The number of anilines is 1. The van der Waals surface area contributed by atoms with Gasteiger partial charge in [0, 0.05) is 15.7 Å². The van der Waals surface area contributed by atoms with Gasteiger partial charge in [-0.1, -0.05) is 67.4 Å². The number of phenolic OH excluding ortho intramolecular Hbond substituents is 1. The Bertz CT molecular complexity index is 1250. The van der Waals surface area contributed by atoms with Crippen molar-refractivity contribution in [1.82, 2.24) is 0 Å². The van der Waals surface area contributed by atoms with Crippen molar-refractivity contribution in [3.8, 4) is 5.75 Å². The quantitative estimate of drug-likeness (QED) is 0.234. The van der Waals surface area contributed by atoms with Gasteiger partial charge >= 0.3 is 0 Å². The zero-order valence-corrected chi connectivity index (χ0v) is 18.7. The molecule has 2 N–H and O–H groups in total. The summed E-state index contributed by atoms with van der Waals surface area (Å²) < 4.78 is 34.4. The second kappa shape index (κ2) is 9.76. The highest BCUT2D eigenvalue weighted by Gasteiger charge is 2.22. The van der Waals surface area contributed by atoms with Crippen LogP contribution in [0.5, 0.6) is 5.75 Å². The molecule has 3 rings (SSSR count). The lowest BCUT2D eigenvalue weighted by Gasteiger charge is -2.16. The molecule has 160 valence electrons. The lowest BCUT2D eigenvalue weighted by molar-refractivity contribution is 0.242. The van der Waals surface area contributed by atoms with Crippen LogP contribution in [0.4, 0.5) is 5.69 Å². The number of sulfonamides is 1. The van der Waals surface area contributed by atoms with E-state index in [0.29, 0.717) is 21.4 Å². The van der Waals surface area contributed by atoms with Crippen LogP contribution < -0.4 is 4.72 Å². The third kappa shape index (κ3) is 4.95. The number of aromatic hydroxyl groups is 1. The number of hydrogen-bond donors (Lipinski definition) is 2. The van der Waals surface area contributed by atoms with E-state index in [0.717, 1.165) is 4.90 Å². The van der Waals surface area contributed by atoms with Crippen molar-refractivity contribution in [3.05, 3.63) is 96.6 Å². The Kier molecular flexibility index (Phi) is 7.09. The third-order valence-corrected chi connectivity index (χ3v) is 6.87. The van der Waals surface area contributed by atoms with Gasteiger partial charge in [0.15, 0.2) is 0 Å². The van der Waals surface area contributed by atoms with Gasteiger partial charge in [0.05, 0.1) is 17.2 Å².